The van der Waals surface area contributed by atoms with Crippen LogP contribution < -0.4 is 0 Å². The Kier molecular flexibility index (Phi) is 2.11. The lowest BCUT2D eigenvalue weighted by atomic mass is 10.0. The van der Waals surface area contributed by atoms with E-state index in [4.69, 9.17) is 8.83 Å². The summed E-state index contributed by atoms with van der Waals surface area (Å²) < 4.78 is 11.8. The molecule has 2 aromatic heterocycles. The molecule has 106 valence electrons. The minimum atomic E-state index is 0.944. The molecule has 3 aromatic carbocycles. The number of hydrogen-bond donors (Lipinski definition) is 0. The summed E-state index contributed by atoms with van der Waals surface area (Å²) in [6.07, 6.45) is 0. The third-order valence-electron chi connectivity index (χ3n) is 4.36. The summed E-state index contributed by atoms with van der Waals surface area (Å²) in [4.78, 5) is 0. The van der Waals surface area contributed by atoms with Gasteiger partial charge in [-0.1, -0.05) is 24.3 Å². The van der Waals surface area contributed by atoms with Crippen molar-refractivity contribution in [3.8, 4) is 0 Å². The molecule has 0 aliphatic heterocycles. The fourth-order valence-corrected chi connectivity index (χ4v) is 3.40. The predicted molar refractivity (Wildman–Crippen MR) is 90.5 cm³/mol. The molecular formula is C20H14O2. The van der Waals surface area contributed by atoms with Crippen LogP contribution in [0, 0.1) is 13.8 Å². The molecule has 0 saturated carbocycles. The molecule has 0 unspecified atom stereocenters. The van der Waals surface area contributed by atoms with Crippen LogP contribution in [-0.2, 0) is 0 Å². The molecule has 5 rings (SSSR count). The van der Waals surface area contributed by atoms with Crippen molar-refractivity contribution < 1.29 is 8.83 Å². The molecule has 5 aromatic rings. The van der Waals surface area contributed by atoms with E-state index in [-0.39, 0.29) is 0 Å². The maximum absolute atomic E-state index is 5.90. The van der Waals surface area contributed by atoms with Crippen molar-refractivity contribution in [2.24, 2.45) is 0 Å². The highest BCUT2D eigenvalue weighted by molar-refractivity contribution is 6.14. The molecule has 2 nitrogen and oxygen atoms in total. The number of fused-ring (bicyclic) bond motifs is 6. The van der Waals surface area contributed by atoms with E-state index in [1.54, 1.807) is 0 Å². The summed E-state index contributed by atoms with van der Waals surface area (Å²) in [5.41, 5.74) is 1.93. The largest absolute Gasteiger partial charge is 0.461 e. The fourth-order valence-electron chi connectivity index (χ4n) is 3.40. The van der Waals surface area contributed by atoms with Crippen LogP contribution in [0.3, 0.4) is 0 Å². The summed E-state index contributed by atoms with van der Waals surface area (Å²) in [5.74, 6) is 1.89. The van der Waals surface area contributed by atoms with Gasteiger partial charge in [0, 0.05) is 21.5 Å². The number of benzene rings is 3. The Morgan fingerprint density at radius 1 is 0.545 bits per heavy atom. The van der Waals surface area contributed by atoms with Crippen LogP contribution in [-0.4, -0.2) is 0 Å². The van der Waals surface area contributed by atoms with Gasteiger partial charge < -0.3 is 8.83 Å². The number of hydrogen-bond acceptors (Lipinski definition) is 2. The second-order valence-corrected chi connectivity index (χ2v) is 5.98. The first-order chi connectivity index (χ1) is 10.7. The van der Waals surface area contributed by atoms with Gasteiger partial charge in [0.1, 0.15) is 22.7 Å². The molecule has 0 bridgehead atoms. The van der Waals surface area contributed by atoms with Gasteiger partial charge in [0.25, 0.3) is 0 Å². The highest BCUT2D eigenvalue weighted by atomic mass is 16.3. The van der Waals surface area contributed by atoms with Crippen LogP contribution in [0.4, 0.5) is 0 Å². The summed E-state index contributed by atoms with van der Waals surface area (Å²) in [6, 6.07) is 17.1. The third-order valence-corrected chi connectivity index (χ3v) is 4.36. The van der Waals surface area contributed by atoms with E-state index in [2.05, 4.69) is 48.5 Å². The highest BCUT2D eigenvalue weighted by Crippen LogP contribution is 2.34. The molecule has 0 aliphatic rings. The number of furan rings is 2. The molecule has 0 saturated heterocycles. The standard InChI is InChI=1S/C20H14O2/c1-11-7-15-5-3-13-10-18-14(9-17(13)19(15)21-11)4-6-16-8-12(2)22-20(16)18/h3-10H,1-2H3. The van der Waals surface area contributed by atoms with E-state index in [9.17, 15) is 0 Å². The second kappa shape index (κ2) is 3.92. The monoisotopic (exact) mass is 286 g/mol. The summed E-state index contributed by atoms with van der Waals surface area (Å²) in [6.45, 7) is 3.98. The van der Waals surface area contributed by atoms with Gasteiger partial charge in [0.2, 0.25) is 0 Å². The first-order valence-corrected chi connectivity index (χ1v) is 7.45. The van der Waals surface area contributed by atoms with Crippen molar-refractivity contribution in [1.82, 2.24) is 0 Å². The minimum absolute atomic E-state index is 0.944. The summed E-state index contributed by atoms with van der Waals surface area (Å²) in [7, 11) is 0. The van der Waals surface area contributed by atoms with Crippen LogP contribution >= 0.6 is 0 Å². The molecule has 0 radical (unpaired) electrons. The first kappa shape index (κ1) is 11.9. The van der Waals surface area contributed by atoms with Gasteiger partial charge in [-0.3, -0.25) is 0 Å². The van der Waals surface area contributed by atoms with E-state index < -0.39 is 0 Å². The van der Waals surface area contributed by atoms with Crippen LogP contribution in [0.5, 0.6) is 0 Å². The Bertz CT molecular complexity index is 1090. The molecule has 0 fully saturated rings. The van der Waals surface area contributed by atoms with Gasteiger partial charge in [-0.25, -0.2) is 0 Å². The van der Waals surface area contributed by atoms with Crippen molar-refractivity contribution >= 4 is 43.5 Å². The number of rotatable bonds is 0. The van der Waals surface area contributed by atoms with Crippen molar-refractivity contribution in [1.29, 1.82) is 0 Å². The van der Waals surface area contributed by atoms with Crippen molar-refractivity contribution in [2.75, 3.05) is 0 Å². The van der Waals surface area contributed by atoms with Gasteiger partial charge in [-0.2, -0.15) is 0 Å². The average molecular weight is 286 g/mol. The Balaban J connectivity index is 2.00. The summed E-state index contributed by atoms with van der Waals surface area (Å²) >= 11 is 0. The highest BCUT2D eigenvalue weighted by Gasteiger charge is 2.10. The predicted octanol–water partition coefficient (Wildman–Crippen LogP) is 6.10. The molecular weight excluding hydrogens is 272 g/mol. The van der Waals surface area contributed by atoms with Crippen molar-refractivity contribution in [3.05, 3.63) is 60.1 Å². The number of aryl methyl sites for hydroxylation is 2. The Morgan fingerprint density at radius 2 is 0.955 bits per heavy atom. The molecule has 2 heteroatoms. The van der Waals surface area contributed by atoms with Crippen LogP contribution in [0.15, 0.2) is 57.4 Å². The maximum Gasteiger partial charge on any atom is 0.142 e. The Labute approximate surface area is 126 Å². The Morgan fingerprint density at radius 3 is 1.41 bits per heavy atom. The van der Waals surface area contributed by atoms with E-state index >= 15 is 0 Å². The zero-order chi connectivity index (χ0) is 14.8. The first-order valence-electron chi connectivity index (χ1n) is 7.45. The van der Waals surface area contributed by atoms with Crippen LogP contribution in [0.1, 0.15) is 11.5 Å². The topological polar surface area (TPSA) is 26.3 Å². The van der Waals surface area contributed by atoms with E-state index in [0.29, 0.717) is 0 Å². The lowest BCUT2D eigenvalue weighted by Gasteiger charge is -2.04. The molecule has 0 atom stereocenters. The summed E-state index contributed by atoms with van der Waals surface area (Å²) in [5, 5.41) is 6.96. The molecule has 0 N–H and O–H groups in total. The van der Waals surface area contributed by atoms with E-state index in [1.165, 1.54) is 10.8 Å². The molecule has 0 amide bonds. The maximum atomic E-state index is 5.90. The lowest BCUT2D eigenvalue weighted by molar-refractivity contribution is 0.581. The fraction of sp³-hybridized carbons (Fsp3) is 0.100. The van der Waals surface area contributed by atoms with E-state index in [0.717, 1.165) is 44.2 Å². The Hall–Kier alpha value is -2.74. The van der Waals surface area contributed by atoms with Crippen LogP contribution in [0.25, 0.3) is 43.5 Å². The van der Waals surface area contributed by atoms with Gasteiger partial charge in [0.15, 0.2) is 0 Å². The lowest BCUT2D eigenvalue weighted by Crippen LogP contribution is -1.78. The van der Waals surface area contributed by atoms with Gasteiger partial charge in [-0.15, -0.1) is 0 Å². The molecule has 0 aliphatic carbocycles. The third kappa shape index (κ3) is 1.49. The van der Waals surface area contributed by atoms with Crippen molar-refractivity contribution in [3.63, 3.8) is 0 Å². The van der Waals surface area contributed by atoms with Gasteiger partial charge in [0.05, 0.1) is 0 Å². The molecule has 22 heavy (non-hydrogen) atoms. The van der Waals surface area contributed by atoms with Crippen LogP contribution in [0.2, 0.25) is 0 Å². The smallest absolute Gasteiger partial charge is 0.142 e. The SMILES string of the molecule is Cc1cc2ccc3cc4c(ccc5cc(C)oc54)cc3c2o1. The quantitative estimate of drug-likeness (QED) is 0.321. The second-order valence-electron chi connectivity index (χ2n) is 5.98. The van der Waals surface area contributed by atoms with Gasteiger partial charge >= 0.3 is 0 Å². The van der Waals surface area contributed by atoms with Crippen molar-refractivity contribution in [2.45, 2.75) is 13.8 Å². The van der Waals surface area contributed by atoms with Gasteiger partial charge in [-0.05, 0) is 48.9 Å². The zero-order valence-corrected chi connectivity index (χ0v) is 12.4. The van der Waals surface area contributed by atoms with E-state index in [1.807, 2.05) is 13.8 Å². The zero-order valence-electron chi connectivity index (χ0n) is 12.4. The minimum Gasteiger partial charge on any atom is -0.461 e. The normalized spacial score (nSPS) is 12.1. The molecule has 0 spiro atoms. The average Bonchev–Trinajstić information content (AvgIpc) is 3.06. The molecule has 2 heterocycles.